The summed E-state index contributed by atoms with van der Waals surface area (Å²) in [5, 5.41) is 30.7. The molecule has 8 N–H and O–H groups in total. The molecule has 0 radical (unpaired) electrons. The second kappa shape index (κ2) is 12.9. The van der Waals surface area contributed by atoms with Crippen molar-refractivity contribution in [2.24, 2.45) is 11.5 Å². The van der Waals surface area contributed by atoms with Crippen LogP contribution in [0.5, 0.6) is 0 Å². The van der Waals surface area contributed by atoms with E-state index in [4.69, 9.17) is 21.1 Å². The van der Waals surface area contributed by atoms with Gasteiger partial charge >= 0.3 is 5.69 Å². The van der Waals surface area contributed by atoms with Crippen molar-refractivity contribution in [2.75, 3.05) is 13.2 Å². The molecule has 1 aromatic heterocycles. The molecular formula is C15H26N4O15P3-3. The van der Waals surface area contributed by atoms with Crippen LogP contribution in [0, 0.1) is 0 Å². The van der Waals surface area contributed by atoms with Crippen LogP contribution in [-0.2, 0) is 31.6 Å². The Hall–Kier alpha value is -0.950. The third-order valence-corrected chi connectivity index (χ3v) is 8.60. The summed E-state index contributed by atoms with van der Waals surface area (Å²) < 4.78 is 50.1. The molecule has 1 aliphatic heterocycles. The van der Waals surface area contributed by atoms with E-state index in [2.05, 4.69) is 18.1 Å². The highest BCUT2D eigenvalue weighted by Gasteiger charge is 2.45. The van der Waals surface area contributed by atoms with Gasteiger partial charge < -0.3 is 55.6 Å². The number of hydrogen-bond donors (Lipinski definition) is 6. The fraction of sp³-hybridized carbons (Fsp3) is 0.733. The van der Waals surface area contributed by atoms with Crippen molar-refractivity contribution in [1.82, 2.24) is 9.55 Å². The molecule has 9 atom stereocenters. The number of ether oxygens (including phenoxy) is 1. The van der Waals surface area contributed by atoms with Gasteiger partial charge in [-0.1, -0.05) is 0 Å². The van der Waals surface area contributed by atoms with Gasteiger partial charge in [-0.05, 0) is 31.9 Å². The number of rotatable bonds is 14. The smallest absolute Gasteiger partial charge is 0.350 e. The molecule has 1 aliphatic rings. The van der Waals surface area contributed by atoms with E-state index in [1.165, 1.54) is 6.07 Å². The quantitative estimate of drug-likeness (QED) is 0.111. The molecule has 22 heteroatoms. The molecule has 2 rings (SSSR count). The molecule has 1 aromatic rings. The summed E-state index contributed by atoms with van der Waals surface area (Å²) in [6, 6.07) is 0.824. The lowest BCUT2D eigenvalue weighted by Crippen LogP contribution is -2.36. The van der Waals surface area contributed by atoms with Crippen molar-refractivity contribution in [3.8, 4) is 0 Å². The van der Waals surface area contributed by atoms with E-state index < -0.39 is 72.5 Å². The molecule has 0 aliphatic carbocycles. The van der Waals surface area contributed by atoms with Crippen LogP contribution in [0.4, 0.5) is 0 Å². The third-order valence-electron chi connectivity index (χ3n) is 4.91. The van der Waals surface area contributed by atoms with Crippen molar-refractivity contribution in [1.29, 1.82) is 0 Å². The monoisotopic (exact) mass is 595 g/mol. The zero-order valence-corrected chi connectivity index (χ0v) is 21.5. The normalized spacial score (nSPS) is 28.7. The molecule has 0 spiro atoms. The SMILES string of the molecule is NCCCC(N)CC(O)c1ccn([C@@H]2O[C@H](COP(=O)([O-])OP(=O)([O-])OP(=O)([O-])O)[C@H](O)C2O)c(=O)n1. The van der Waals surface area contributed by atoms with Gasteiger partial charge in [0.05, 0.1) is 18.4 Å². The fourth-order valence-electron chi connectivity index (χ4n) is 3.26. The van der Waals surface area contributed by atoms with Crippen LogP contribution in [0.15, 0.2) is 17.1 Å². The largest absolute Gasteiger partial charge is 0.756 e. The van der Waals surface area contributed by atoms with Crippen LogP contribution in [0.3, 0.4) is 0 Å². The Balaban J connectivity index is 2.05. The van der Waals surface area contributed by atoms with Crippen molar-refractivity contribution in [2.45, 2.75) is 55.9 Å². The van der Waals surface area contributed by atoms with Crippen LogP contribution < -0.4 is 31.8 Å². The number of phosphoric acid groups is 3. The second-order valence-electron chi connectivity index (χ2n) is 7.85. The topological polar surface area (TPSA) is 325 Å². The fourth-order valence-corrected chi connectivity index (χ4v) is 6.16. The zero-order valence-electron chi connectivity index (χ0n) is 18.8. The van der Waals surface area contributed by atoms with E-state index in [1.807, 2.05) is 0 Å². The van der Waals surface area contributed by atoms with Gasteiger partial charge in [0.15, 0.2) is 6.23 Å². The highest BCUT2D eigenvalue weighted by Crippen LogP contribution is 2.61. The van der Waals surface area contributed by atoms with Crippen LogP contribution in [0.25, 0.3) is 0 Å². The standard InChI is InChI=1S/C15H29N4O15P3/c16-4-1-2-8(17)6-10(20)9-3-5-19(15(23)18-9)14-13(22)12(21)11(32-14)7-31-36(27,28)34-37(29,30)33-35(24,25)26/h3,5,8,10-14,20-22H,1-2,4,6-7,16-17H2,(H,27,28)(H,29,30)(H2,24,25,26)/p-3/t8?,10?,11-,12+,13?,14-/m1/s1. The minimum Gasteiger partial charge on any atom is -0.756 e. The minimum absolute atomic E-state index is 0.0309. The third kappa shape index (κ3) is 9.94. The van der Waals surface area contributed by atoms with Gasteiger partial charge in [0, 0.05) is 12.2 Å². The number of aliphatic hydroxyl groups excluding tert-OH is 3. The lowest BCUT2D eigenvalue weighted by molar-refractivity contribution is -0.250. The van der Waals surface area contributed by atoms with E-state index in [0.29, 0.717) is 19.4 Å². The Bertz CT molecular complexity index is 1110. The predicted octanol–water partition coefficient (Wildman–Crippen LogP) is -4.20. The summed E-state index contributed by atoms with van der Waals surface area (Å²) in [6.45, 7) is -0.745. The second-order valence-corrected chi connectivity index (χ2v) is 12.1. The van der Waals surface area contributed by atoms with Gasteiger partial charge in [-0.15, -0.1) is 0 Å². The van der Waals surface area contributed by atoms with E-state index in [0.717, 1.165) is 10.8 Å². The first-order valence-electron chi connectivity index (χ1n) is 10.4. The van der Waals surface area contributed by atoms with E-state index in [1.54, 1.807) is 0 Å². The average Bonchev–Trinajstić information content (AvgIpc) is 3.02. The molecule has 0 saturated carbocycles. The van der Waals surface area contributed by atoms with Crippen LogP contribution in [-0.4, -0.2) is 67.3 Å². The molecule has 19 nitrogen and oxygen atoms in total. The maximum Gasteiger partial charge on any atom is 0.350 e. The summed E-state index contributed by atoms with van der Waals surface area (Å²) in [4.78, 5) is 57.9. The lowest BCUT2D eigenvalue weighted by atomic mass is 10.0. The Morgan fingerprint density at radius 3 is 2.38 bits per heavy atom. The van der Waals surface area contributed by atoms with E-state index in [9.17, 15) is 48.5 Å². The summed E-state index contributed by atoms with van der Waals surface area (Å²) in [5.74, 6) is 0. The molecular weight excluding hydrogens is 569 g/mol. The summed E-state index contributed by atoms with van der Waals surface area (Å²) in [5.41, 5.74) is 10.2. The van der Waals surface area contributed by atoms with Crippen LogP contribution >= 0.6 is 23.5 Å². The number of aromatic nitrogens is 2. The first-order valence-corrected chi connectivity index (χ1v) is 14.8. The molecule has 0 bridgehead atoms. The van der Waals surface area contributed by atoms with Crippen molar-refractivity contribution in [3.63, 3.8) is 0 Å². The van der Waals surface area contributed by atoms with E-state index in [-0.39, 0.29) is 12.1 Å². The molecule has 37 heavy (non-hydrogen) atoms. The van der Waals surface area contributed by atoms with Gasteiger partial charge in [-0.3, -0.25) is 18.3 Å². The minimum atomic E-state index is -6.14. The molecule has 0 amide bonds. The number of nitrogens with two attached hydrogens (primary N) is 2. The lowest BCUT2D eigenvalue weighted by Gasteiger charge is -2.33. The maximum absolute atomic E-state index is 12.5. The maximum atomic E-state index is 12.5. The Kier molecular flexibility index (Phi) is 11.3. The van der Waals surface area contributed by atoms with Gasteiger partial charge in [0.2, 0.25) is 0 Å². The first kappa shape index (κ1) is 32.3. The number of nitrogens with zero attached hydrogens (tertiary/aromatic N) is 2. The number of aliphatic hydroxyl groups is 3. The van der Waals surface area contributed by atoms with Crippen molar-refractivity contribution >= 4 is 23.5 Å². The average molecular weight is 595 g/mol. The zero-order chi connectivity index (χ0) is 28.2. The van der Waals surface area contributed by atoms with Crippen LogP contribution in [0.2, 0.25) is 0 Å². The van der Waals surface area contributed by atoms with Gasteiger partial charge in [0.1, 0.15) is 18.3 Å². The molecule has 1 saturated heterocycles. The summed E-state index contributed by atoms with van der Waals surface area (Å²) in [7, 11) is -17.9. The first-order chi connectivity index (χ1) is 16.9. The highest BCUT2D eigenvalue weighted by molar-refractivity contribution is 7.65. The number of phosphoric ester groups is 1. The molecule has 0 aromatic carbocycles. The Labute approximate surface area is 209 Å². The Morgan fingerprint density at radius 1 is 1.16 bits per heavy atom. The van der Waals surface area contributed by atoms with Crippen LogP contribution in [0.1, 0.15) is 37.3 Å². The van der Waals surface area contributed by atoms with Gasteiger partial charge in [-0.2, -0.15) is 4.98 Å². The van der Waals surface area contributed by atoms with Crippen molar-refractivity contribution < 1.29 is 66.5 Å². The Morgan fingerprint density at radius 2 is 1.81 bits per heavy atom. The predicted molar refractivity (Wildman–Crippen MR) is 113 cm³/mol. The number of hydrogen-bond acceptors (Lipinski definition) is 17. The summed E-state index contributed by atoms with van der Waals surface area (Å²) >= 11 is 0. The molecule has 214 valence electrons. The molecule has 1 fully saturated rings. The van der Waals surface area contributed by atoms with Gasteiger partial charge in [0.25, 0.3) is 23.5 Å². The van der Waals surface area contributed by atoms with Crippen molar-refractivity contribution in [3.05, 3.63) is 28.4 Å². The highest BCUT2D eigenvalue weighted by atomic mass is 31.3. The molecule has 2 heterocycles. The summed E-state index contributed by atoms with van der Waals surface area (Å²) in [6.07, 6.45) is -5.81. The van der Waals surface area contributed by atoms with Gasteiger partial charge in [-0.25, -0.2) is 13.4 Å². The van der Waals surface area contributed by atoms with E-state index >= 15 is 0 Å². The molecule has 6 unspecified atom stereocenters.